The molecule has 1 aromatic carbocycles. The van der Waals surface area contributed by atoms with Crippen molar-refractivity contribution in [2.24, 2.45) is 11.8 Å². The van der Waals surface area contributed by atoms with E-state index in [1.165, 1.54) is 0 Å². The number of nitrogens with zero attached hydrogens (tertiary/aromatic N) is 2. The Labute approximate surface area is 153 Å². The maximum absolute atomic E-state index is 12.2. The standard InChI is InChI=1S/C19H26N4O3/c1-20-19(24)17-11-23(10-15(17)12-25-2)9-14-8-21-22-18(14)13-4-6-16(26-3)7-5-13/h4-8,15,17H,9-12H2,1-3H3,(H,20,24)(H,21,22). The number of amides is 1. The molecule has 0 radical (unpaired) electrons. The molecule has 3 rings (SSSR count). The number of carbonyl (C=O) groups is 1. The van der Waals surface area contributed by atoms with E-state index in [2.05, 4.69) is 20.4 Å². The molecule has 1 saturated heterocycles. The lowest BCUT2D eigenvalue weighted by Gasteiger charge is -2.15. The van der Waals surface area contributed by atoms with Crippen LogP contribution in [0.1, 0.15) is 5.56 Å². The van der Waals surface area contributed by atoms with Gasteiger partial charge in [0.1, 0.15) is 5.75 Å². The van der Waals surface area contributed by atoms with E-state index in [-0.39, 0.29) is 17.7 Å². The van der Waals surface area contributed by atoms with Crippen LogP contribution in [-0.4, -0.2) is 62.0 Å². The molecule has 2 unspecified atom stereocenters. The van der Waals surface area contributed by atoms with Crippen LogP contribution in [0.2, 0.25) is 0 Å². The Balaban J connectivity index is 1.73. The van der Waals surface area contributed by atoms with Crippen LogP contribution in [0.25, 0.3) is 11.3 Å². The second-order valence-corrected chi connectivity index (χ2v) is 6.63. The van der Waals surface area contributed by atoms with Gasteiger partial charge < -0.3 is 14.8 Å². The topological polar surface area (TPSA) is 79.5 Å². The maximum atomic E-state index is 12.2. The van der Waals surface area contributed by atoms with Gasteiger partial charge >= 0.3 is 0 Å². The molecule has 1 amide bonds. The number of likely N-dealkylation sites (tertiary alicyclic amines) is 1. The van der Waals surface area contributed by atoms with Gasteiger partial charge in [-0.25, -0.2) is 0 Å². The van der Waals surface area contributed by atoms with Gasteiger partial charge in [0.05, 0.1) is 31.5 Å². The lowest BCUT2D eigenvalue weighted by atomic mass is 9.96. The summed E-state index contributed by atoms with van der Waals surface area (Å²) in [7, 11) is 5.03. The number of carbonyl (C=O) groups excluding carboxylic acids is 1. The lowest BCUT2D eigenvalue weighted by molar-refractivity contribution is -0.125. The molecule has 1 aliphatic heterocycles. The number of methoxy groups -OCH3 is 2. The minimum atomic E-state index is -0.0451. The SMILES string of the molecule is CNC(=O)C1CN(Cc2cn[nH]c2-c2ccc(OC)cc2)CC1COC. The summed E-state index contributed by atoms with van der Waals surface area (Å²) in [6, 6.07) is 7.90. The van der Waals surface area contributed by atoms with Crippen LogP contribution in [0.3, 0.4) is 0 Å². The van der Waals surface area contributed by atoms with E-state index in [1.54, 1.807) is 21.3 Å². The summed E-state index contributed by atoms with van der Waals surface area (Å²) in [5.74, 6) is 1.06. The van der Waals surface area contributed by atoms with E-state index in [0.717, 1.165) is 42.2 Å². The molecule has 0 bridgehead atoms. The predicted octanol–water partition coefficient (Wildman–Crippen LogP) is 1.53. The molecule has 2 atom stereocenters. The largest absolute Gasteiger partial charge is 0.497 e. The van der Waals surface area contributed by atoms with Crippen LogP contribution >= 0.6 is 0 Å². The number of hydrogen-bond donors (Lipinski definition) is 2. The Morgan fingerprint density at radius 3 is 2.73 bits per heavy atom. The first kappa shape index (κ1) is 18.4. The molecule has 2 N–H and O–H groups in total. The summed E-state index contributed by atoms with van der Waals surface area (Å²) in [6.45, 7) is 2.89. The van der Waals surface area contributed by atoms with Gasteiger partial charge in [-0.05, 0) is 24.3 Å². The van der Waals surface area contributed by atoms with Crippen LogP contribution in [0.5, 0.6) is 5.75 Å². The normalized spacial score (nSPS) is 20.3. The Morgan fingerprint density at radius 2 is 2.08 bits per heavy atom. The zero-order valence-electron chi connectivity index (χ0n) is 15.5. The van der Waals surface area contributed by atoms with Crippen LogP contribution in [0.15, 0.2) is 30.5 Å². The number of aromatic nitrogens is 2. The minimum absolute atomic E-state index is 0.0451. The number of aromatic amines is 1. The highest BCUT2D eigenvalue weighted by atomic mass is 16.5. The first-order valence-electron chi connectivity index (χ1n) is 8.75. The van der Waals surface area contributed by atoms with Crippen molar-refractivity contribution in [3.05, 3.63) is 36.0 Å². The van der Waals surface area contributed by atoms with E-state index in [9.17, 15) is 4.79 Å². The van der Waals surface area contributed by atoms with Gasteiger partial charge in [0, 0.05) is 50.8 Å². The predicted molar refractivity (Wildman–Crippen MR) is 98.8 cm³/mol. The Kier molecular flexibility index (Phi) is 5.90. The number of nitrogens with one attached hydrogen (secondary N) is 2. The van der Waals surface area contributed by atoms with Crippen molar-refractivity contribution in [2.45, 2.75) is 6.54 Å². The fourth-order valence-corrected chi connectivity index (χ4v) is 3.63. The molecule has 1 fully saturated rings. The summed E-state index contributed by atoms with van der Waals surface area (Å²) in [6.07, 6.45) is 1.86. The molecule has 140 valence electrons. The zero-order chi connectivity index (χ0) is 18.5. The molecule has 2 aromatic rings. The molecule has 1 aromatic heterocycles. The number of ether oxygens (including phenoxy) is 2. The Morgan fingerprint density at radius 1 is 1.31 bits per heavy atom. The molecule has 0 spiro atoms. The van der Waals surface area contributed by atoms with Crippen LogP contribution in [0, 0.1) is 11.8 Å². The summed E-state index contributed by atoms with van der Waals surface area (Å²) >= 11 is 0. The van der Waals surface area contributed by atoms with Crippen molar-refractivity contribution in [1.82, 2.24) is 20.4 Å². The van der Waals surface area contributed by atoms with E-state index in [0.29, 0.717) is 6.61 Å². The second-order valence-electron chi connectivity index (χ2n) is 6.63. The van der Waals surface area contributed by atoms with Gasteiger partial charge in [-0.3, -0.25) is 14.8 Å². The van der Waals surface area contributed by atoms with Gasteiger partial charge in [0.15, 0.2) is 0 Å². The van der Waals surface area contributed by atoms with Crippen LogP contribution in [-0.2, 0) is 16.1 Å². The average Bonchev–Trinajstić information content (AvgIpc) is 3.29. The third-order valence-electron chi connectivity index (χ3n) is 4.97. The molecular weight excluding hydrogens is 332 g/mol. The van der Waals surface area contributed by atoms with E-state index in [1.807, 2.05) is 30.5 Å². The lowest BCUT2D eigenvalue weighted by Crippen LogP contribution is -2.34. The zero-order valence-corrected chi connectivity index (χ0v) is 15.5. The first-order chi connectivity index (χ1) is 12.7. The minimum Gasteiger partial charge on any atom is -0.497 e. The summed E-state index contributed by atoms with van der Waals surface area (Å²) < 4.78 is 10.5. The fraction of sp³-hybridized carbons (Fsp3) is 0.474. The second kappa shape index (κ2) is 8.33. The molecule has 0 aliphatic carbocycles. The Hall–Kier alpha value is -2.38. The highest BCUT2D eigenvalue weighted by molar-refractivity contribution is 5.79. The Bertz CT molecular complexity index is 729. The maximum Gasteiger partial charge on any atom is 0.224 e. The highest BCUT2D eigenvalue weighted by Crippen LogP contribution is 2.29. The molecule has 26 heavy (non-hydrogen) atoms. The summed E-state index contributed by atoms with van der Waals surface area (Å²) in [5.41, 5.74) is 3.18. The molecule has 2 heterocycles. The van der Waals surface area contributed by atoms with Crippen molar-refractivity contribution < 1.29 is 14.3 Å². The van der Waals surface area contributed by atoms with Crippen molar-refractivity contribution in [3.8, 4) is 17.0 Å². The number of rotatable bonds is 7. The smallest absolute Gasteiger partial charge is 0.224 e. The van der Waals surface area contributed by atoms with Gasteiger partial charge in [-0.15, -0.1) is 0 Å². The third-order valence-corrected chi connectivity index (χ3v) is 4.97. The van der Waals surface area contributed by atoms with Crippen LogP contribution < -0.4 is 10.1 Å². The van der Waals surface area contributed by atoms with Crippen molar-refractivity contribution in [3.63, 3.8) is 0 Å². The molecule has 7 heteroatoms. The number of benzene rings is 1. The van der Waals surface area contributed by atoms with Gasteiger partial charge in [-0.2, -0.15) is 5.10 Å². The average molecular weight is 358 g/mol. The fourth-order valence-electron chi connectivity index (χ4n) is 3.63. The first-order valence-corrected chi connectivity index (χ1v) is 8.75. The molecular formula is C19H26N4O3. The third kappa shape index (κ3) is 3.89. The van der Waals surface area contributed by atoms with E-state index in [4.69, 9.17) is 9.47 Å². The van der Waals surface area contributed by atoms with E-state index >= 15 is 0 Å². The van der Waals surface area contributed by atoms with Gasteiger partial charge in [0.25, 0.3) is 0 Å². The summed E-state index contributed by atoms with van der Waals surface area (Å²) in [4.78, 5) is 14.5. The number of H-pyrrole nitrogens is 1. The summed E-state index contributed by atoms with van der Waals surface area (Å²) in [5, 5.41) is 10.1. The monoisotopic (exact) mass is 358 g/mol. The van der Waals surface area contributed by atoms with Crippen molar-refractivity contribution in [2.75, 3.05) is 41.0 Å². The number of hydrogen-bond acceptors (Lipinski definition) is 5. The molecule has 1 aliphatic rings. The quantitative estimate of drug-likeness (QED) is 0.785. The van der Waals surface area contributed by atoms with Crippen molar-refractivity contribution in [1.29, 1.82) is 0 Å². The molecule has 7 nitrogen and oxygen atoms in total. The van der Waals surface area contributed by atoms with Crippen molar-refractivity contribution >= 4 is 5.91 Å². The highest BCUT2D eigenvalue weighted by Gasteiger charge is 2.37. The molecule has 0 saturated carbocycles. The van der Waals surface area contributed by atoms with Gasteiger partial charge in [0.2, 0.25) is 5.91 Å². The van der Waals surface area contributed by atoms with Gasteiger partial charge in [-0.1, -0.05) is 0 Å². The van der Waals surface area contributed by atoms with E-state index < -0.39 is 0 Å². The van der Waals surface area contributed by atoms with Crippen LogP contribution in [0.4, 0.5) is 0 Å².